The minimum absolute atomic E-state index is 0.592. The summed E-state index contributed by atoms with van der Waals surface area (Å²) in [6.45, 7) is 4.74. The molecule has 0 radical (unpaired) electrons. The smallest absolute Gasteiger partial charge is 0.203 e. The Kier molecular flexibility index (Phi) is 5.43. The minimum Gasteiger partial charge on any atom is -0.355 e. The van der Waals surface area contributed by atoms with Crippen molar-refractivity contribution >= 4 is 16.7 Å². The van der Waals surface area contributed by atoms with E-state index in [2.05, 4.69) is 21.1 Å². The summed E-state index contributed by atoms with van der Waals surface area (Å²) in [6.07, 6.45) is 8.66. The maximum atomic E-state index is 11.4. The van der Waals surface area contributed by atoms with Gasteiger partial charge in [-0.1, -0.05) is 26.2 Å². The third-order valence-corrected chi connectivity index (χ3v) is 5.06. The molecule has 1 saturated carbocycles. The van der Waals surface area contributed by atoms with Crippen molar-refractivity contribution in [2.24, 2.45) is 0 Å². The van der Waals surface area contributed by atoms with Gasteiger partial charge in [0.15, 0.2) is 0 Å². The first-order valence-corrected chi connectivity index (χ1v) is 8.84. The number of hydrogen-bond acceptors (Lipinski definition) is 3. The molecule has 1 aliphatic rings. The van der Waals surface area contributed by atoms with Crippen LogP contribution in [-0.4, -0.2) is 31.8 Å². The van der Waals surface area contributed by atoms with Gasteiger partial charge in [-0.25, -0.2) is 4.98 Å². The summed E-state index contributed by atoms with van der Waals surface area (Å²) >= 11 is 0. The van der Waals surface area contributed by atoms with E-state index in [1.807, 2.05) is 13.8 Å². The highest BCUT2D eigenvalue weighted by Gasteiger charge is 2.18. The van der Waals surface area contributed by atoms with E-state index in [1.54, 1.807) is 0 Å². The molecule has 1 aromatic heterocycles. The number of nitrogens with one attached hydrogen (secondary N) is 1. The largest absolute Gasteiger partial charge is 0.355 e. The second-order valence-electron chi connectivity index (χ2n) is 5.26. The van der Waals surface area contributed by atoms with Crippen molar-refractivity contribution in [3.05, 3.63) is 11.9 Å². The van der Waals surface area contributed by atoms with E-state index in [-0.39, 0.29) is 0 Å². The van der Waals surface area contributed by atoms with Crippen LogP contribution >= 0.6 is 0 Å². The van der Waals surface area contributed by atoms with Crippen LogP contribution in [0.3, 0.4) is 0 Å². The van der Waals surface area contributed by atoms with Crippen molar-refractivity contribution in [2.45, 2.75) is 52.0 Å². The van der Waals surface area contributed by atoms with Gasteiger partial charge in [0.1, 0.15) is 0 Å². The highest BCUT2D eigenvalue weighted by atomic mass is 32.2. The Morgan fingerprint density at radius 1 is 1.42 bits per heavy atom. The van der Waals surface area contributed by atoms with Crippen molar-refractivity contribution in [2.75, 3.05) is 23.4 Å². The molecule has 0 aromatic carbocycles. The molecule has 1 unspecified atom stereocenters. The fourth-order valence-corrected chi connectivity index (χ4v) is 3.32. The molecule has 1 atom stereocenters. The molecule has 0 saturated heterocycles. The van der Waals surface area contributed by atoms with Crippen LogP contribution < -0.4 is 5.32 Å². The van der Waals surface area contributed by atoms with Crippen LogP contribution in [-0.2, 0) is 10.8 Å². The van der Waals surface area contributed by atoms with Crippen molar-refractivity contribution in [1.29, 1.82) is 0 Å². The van der Waals surface area contributed by atoms with Gasteiger partial charge in [-0.2, -0.15) is 0 Å². The van der Waals surface area contributed by atoms with Crippen LogP contribution in [0.5, 0.6) is 0 Å². The third-order valence-electron chi connectivity index (χ3n) is 3.76. The maximum Gasteiger partial charge on any atom is 0.203 e. The van der Waals surface area contributed by atoms with Crippen LogP contribution in [0.2, 0.25) is 0 Å². The number of nitrogens with zero attached hydrogens (tertiary/aromatic N) is 2. The Hall–Kier alpha value is -0.840. The predicted octanol–water partition coefficient (Wildman–Crippen LogP) is 2.88. The van der Waals surface area contributed by atoms with Crippen molar-refractivity contribution in [3.63, 3.8) is 0 Å². The summed E-state index contributed by atoms with van der Waals surface area (Å²) in [5.41, 5.74) is 1.06. The lowest BCUT2D eigenvalue weighted by Crippen LogP contribution is -2.18. The Morgan fingerprint density at radius 2 is 2.16 bits per heavy atom. The lowest BCUT2D eigenvalue weighted by atomic mass is 9.95. The first-order chi connectivity index (χ1) is 9.20. The van der Waals surface area contributed by atoms with E-state index in [1.165, 1.54) is 32.1 Å². The van der Waals surface area contributed by atoms with Gasteiger partial charge in [-0.05, 0) is 19.8 Å². The fraction of sp³-hybridized carbons (Fsp3) is 0.786. The normalized spacial score (nSPS) is 18.4. The lowest BCUT2D eigenvalue weighted by Gasteiger charge is -2.24. The topological polar surface area (TPSA) is 46.9 Å². The van der Waals surface area contributed by atoms with E-state index in [0.717, 1.165) is 23.9 Å². The number of aromatic nitrogens is 2. The molecule has 1 N–H and O–H groups in total. The number of hydrogen-bond donors (Lipinski definition) is 1. The van der Waals surface area contributed by atoms with E-state index in [9.17, 15) is 4.21 Å². The van der Waals surface area contributed by atoms with Crippen LogP contribution in [0.4, 0.5) is 5.95 Å². The van der Waals surface area contributed by atoms with Gasteiger partial charge < -0.3 is 9.88 Å². The highest BCUT2D eigenvalue weighted by molar-refractivity contribution is 7.84. The van der Waals surface area contributed by atoms with Gasteiger partial charge in [-0.3, -0.25) is 4.21 Å². The van der Waals surface area contributed by atoms with Crippen LogP contribution in [0, 0.1) is 6.92 Å². The zero-order chi connectivity index (χ0) is 13.7. The molecule has 108 valence electrons. The highest BCUT2D eigenvalue weighted by Crippen LogP contribution is 2.30. The Balaban J connectivity index is 1.97. The summed E-state index contributed by atoms with van der Waals surface area (Å²) in [6, 6.07) is 0.592. The molecule has 5 heteroatoms. The molecule has 2 rings (SSSR count). The van der Waals surface area contributed by atoms with Crippen molar-refractivity contribution in [3.8, 4) is 0 Å². The summed E-state index contributed by atoms with van der Waals surface area (Å²) in [5, 5.41) is 3.36. The molecule has 1 aromatic rings. The first kappa shape index (κ1) is 14.6. The molecular formula is C14H25N3OS. The molecule has 1 fully saturated rings. The van der Waals surface area contributed by atoms with Gasteiger partial charge in [-0.15, -0.1) is 0 Å². The molecular weight excluding hydrogens is 258 g/mol. The van der Waals surface area contributed by atoms with E-state index in [4.69, 9.17) is 0 Å². The van der Waals surface area contributed by atoms with Crippen molar-refractivity contribution < 1.29 is 4.21 Å². The minimum atomic E-state index is -0.705. The molecule has 0 aliphatic heterocycles. The Morgan fingerprint density at radius 3 is 2.84 bits per heavy atom. The summed E-state index contributed by atoms with van der Waals surface area (Å²) in [4.78, 5) is 4.56. The second kappa shape index (κ2) is 7.08. The van der Waals surface area contributed by atoms with Gasteiger partial charge in [0.2, 0.25) is 5.95 Å². The zero-order valence-corrected chi connectivity index (χ0v) is 12.8. The SMILES string of the molecule is CCS(=O)CCNc1nc(C)cn1C1CCCCC1. The van der Waals surface area contributed by atoms with Crippen LogP contribution in [0.1, 0.15) is 50.8 Å². The number of imidazole rings is 1. The van der Waals surface area contributed by atoms with Crippen LogP contribution in [0.25, 0.3) is 0 Å². The summed E-state index contributed by atoms with van der Waals surface area (Å²) in [5.74, 6) is 2.39. The maximum absolute atomic E-state index is 11.4. The van der Waals surface area contributed by atoms with Crippen molar-refractivity contribution in [1.82, 2.24) is 9.55 Å². The van der Waals surface area contributed by atoms with Gasteiger partial charge in [0.25, 0.3) is 0 Å². The number of rotatable bonds is 6. The van der Waals surface area contributed by atoms with Gasteiger partial charge >= 0.3 is 0 Å². The average molecular weight is 283 g/mol. The predicted molar refractivity (Wildman–Crippen MR) is 81.1 cm³/mol. The molecule has 19 heavy (non-hydrogen) atoms. The Bertz CT molecular complexity index is 424. The number of anilines is 1. The first-order valence-electron chi connectivity index (χ1n) is 7.35. The lowest BCUT2D eigenvalue weighted by molar-refractivity contribution is 0.356. The van der Waals surface area contributed by atoms with E-state index in [0.29, 0.717) is 11.8 Å². The molecule has 4 nitrogen and oxygen atoms in total. The quantitative estimate of drug-likeness (QED) is 0.873. The molecule has 1 heterocycles. The average Bonchev–Trinajstić information content (AvgIpc) is 2.80. The zero-order valence-electron chi connectivity index (χ0n) is 12.0. The van der Waals surface area contributed by atoms with Crippen LogP contribution in [0.15, 0.2) is 6.20 Å². The summed E-state index contributed by atoms with van der Waals surface area (Å²) in [7, 11) is -0.705. The summed E-state index contributed by atoms with van der Waals surface area (Å²) < 4.78 is 13.7. The van der Waals surface area contributed by atoms with Gasteiger partial charge in [0.05, 0.1) is 5.69 Å². The third kappa shape index (κ3) is 4.06. The fourth-order valence-electron chi connectivity index (χ4n) is 2.71. The molecule has 0 amide bonds. The molecule has 0 bridgehead atoms. The molecule has 1 aliphatic carbocycles. The molecule has 0 spiro atoms. The van der Waals surface area contributed by atoms with E-state index >= 15 is 0 Å². The Labute approximate surface area is 118 Å². The standard InChI is InChI=1S/C14H25N3OS/c1-3-19(18)10-9-15-14-16-12(2)11-17(14)13-7-5-4-6-8-13/h11,13H,3-10H2,1-2H3,(H,15,16). The monoisotopic (exact) mass is 283 g/mol. The number of aryl methyl sites for hydroxylation is 1. The van der Waals surface area contributed by atoms with E-state index < -0.39 is 10.8 Å². The second-order valence-corrected chi connectivity index (χ2v) is 7.13. The van der Waals surface area contributed by atoms with Gasteiger partial charge in [0, 0.05) is 41.1 Å².